The number of anilines is 1. The van der Waals surface area contributed by atoms with E-state index in [1.54, 1.807) is 46.7 Å². The largest absolute Gasteiger partial charge is 0.497 e. The number of nitrogens with zero attached hydrogens (tertiary/aromatic N) is 4. The van der Waals surface area contributed by atoms with E-state index >= 15 is 0 Å². The van der Waals surface area contributed by atoms with Crippen molar-refractivity contribution in [3.63, 3.8) is 0 Å². The first-order chi connectivity index (χ1) is 16.9. The lowest BCUT2D eigenvalue weighted by molar-refractivity contribution is -0.115. The number of rotatable bonds is 8. The van der Waals surface area contributed by atoms with Crippen LogP contribution in [0.5, 0.6) is 11.5 Å². The molecular formula is C25H27N5O4S. The van der Waals surface area contributed by atoms with Crippen LogP contribution in [0, 0.1) is 13.8 Å². The molecular weight excluding hydrogens is 466 g/mol. The van der Waals surface area contributed by atoms with Crippen LogP contribution in [0.4, 0.5) is 5.69 Å². The smallest absolute Gasteiger partial charge is 0.300 e. The zero-order valence-electron chi connectivity index (χ0n) is 20.2. The molecule has 35 heavy (non-hydrogen) atoms. The van der Waals surface area contributed by atoms with E-state index in [1.165, 1.54) is 18.9 Å². The normalized spacial score (nSPS) is 11.9. The molecule has 9 nitrogen and oxygen atoms in total. The molecule has 2 aromatic heterocycles. The molecule has 0 aliphatic carbocycles. The molecule has 0 saturated carbocycles. The molecule has 0 saturated heterocycles. The highest BCUT2D eigenvalue weighted by Crippen LogP contribution is 2.31. The summed E-state index contributed by atoms with van der Waals surface area (Å²) in [6.45, 7) is 5.94. The summed E-state index contributed by atoms with van der Waals surface area (Å²) in [6, 6.07) is 11.0. The molecule has 182 valence electrons. The van der Waals surface area contributed by atoms with E-state index in [0.717, 1.165) is 16.8 Å². The zero-order chi connectivity index (χ0) is 25.1. The number of hydrogen-bond acceptors (Lipinski definition) is 7. The van der Waals surface area contributed by atoms with Crippen molar-refractivity contribution < 1.29 is 14.3 Å². The molecule has 0 aliphatic rings. The van der Waals surface area contributed by atoms with Crippen molar-refractivity contribution >= 4 is 29.0 Å². The summed E-state index contributed by atoms with van der Waals surface area (Å²) in [4.78, 5) is 26.2. The highest BCUT2D eigenvalue weighted by Gasteiger charge is 2.23. The monoisotopic (exact) mass is 493 g/mol. The van der Waals surface area contributed by atoms with Crippen molar-refractivity contribution in [2.45, 2.75) is 37.6 Å². The zero-order valence-corrected chi connectivity index (χ0v) is 21.0. The van der Waals surface area contributed by atoms with Crippen LogP contribution in [0.2, 0.25) is 0 Å². The molecule has 0 aliphatic heterocycles. The third kappa shape index (κ3) is 4.88. The third-order valence-corrected chi connectivity index (χ3v) is 7.10. The summed E-state index contributed by atoms with van der Waals surface area (Å²) in [5.74, 6) is 0.911. The van der Waals surface area contributed by atoms with Gasteiger partial charge in [-0.3, -0.25) is 18.6 Å². The Hall–Kier alpha value is -3.79. The molecule has 1 atom stereocenters. The van der Waals surface area contributed by atoms with Crippen molar-refractivity contribution in [1.29, 1.82) is 0 Å². The molecule has 0 spiro atoms. The summed E-state index contributed by atoms with van der Waals surface area (Å²) in [7, 11) is 3.10. The molecule has 10 heteroatoms. The van der Waals surface area contributed by atoms with Gasteiger partial charge in [-0.05, 0) is 55.7 Å². The number of carbonyl (C=O) groups excluding carboxylic acids is 1. The number of nitrogens with one attached hydrogen (secondary N) is 1. The minimum atomic E-state index is -0.472. The molecule has 0 fully saturated rings. The summed E-state index contributed by atoms with van der Waals surface area (Å²) in [6.07, 6.45) is 3.97. The van der Waals surface area contributed by atoms with Gasteiger partial charge >= 0.3 is 5.56 Å². The van der Waals surface area contributed by atoms with E-state index in [2.05, 4.69) is 15.5 Å². The maximum atomic E-state index is 13.1. The number of aromatic nitrogens is 4. The maximum Gasteiger partial charge on any atom is 0.300 e. The second kappa shape index (κ2) is 10.2. The Morgan fingerprint density at radius 1 is 1.06 bits per heavy atom. The number of amides is 1. The van der Waals surface area contributed by atoms with Gasteiger partial charge in [0.15, 0.2) is 5.16 Å². The molecule has 4 aromatic rings. The number of hydrogen-bond donors (Lipinski definition) is 1. The predicted molar refractivity (Wildman–Crippen MR) is 136 cm³/mol. The molecule has 0 unspecified atom stereocenters. The molecule has 1 amide bonds. The van der Waals surface area contributed by atoms with Crippen LogP contribution in [0.15, 0.2) is 58.7 Å². The fraction of sp³-hybridized carbons (Fsp3) is 0.280. The Kier molecular flexibility index (Phi) is 7.11. The van der Waals surface area contributed by atoms with Gasteiger partial charge in [-0.1, -0.05) is 24.8 Å². The van der Waals surface area contributed by atoms with E-state index < -0.39 is 5.25 Å². The van der Waals surface area contributed by atoms with Crippen LogP contribution in [-0.2, 0) is 4.79 Å². The second-order valence-electron chi connectivity index (χ2n) is 7.99. The van der Waals surface area contributed by atoms with E-state index in [-0.39, 0.29) is 17.1 Å². The van der Waals surface area contributed by atoms with E-state index in [4.69, 9.17) is 9.47 Å². The standard InChI is InChI=1S/C25H27N5O4S/c1-6-21(23(31)26-19-14-18(33-4)9-10-20(19)34-5)35-25-28-27-22-24(32)29(11-12-30(22)25)17-8-7-15(2)16(3)13-17/h7-14,21H,6H2,1-5H3,(H,26,31)/t21-/m1/s1. The number of thioether (sulfide) groups is 1. The first kappa shape index (κ1) is 24.3. The quantitative estimate of drug-likeness (QED) is 0.370. The van der Waals surface area contributed by atoms with Crippen LogP contribution in [0.3, 0.4) is 0 Å². The predicted octanol–water partition coefficient (Wildman–Crippen LogP) is 4.02. The van der Waals surface area contributed by atoms with Gasteiger partial charge in [0.05, 0.1) is 25.2 Å². The Labute approximate surface area is 207 Å². The lowest BCUT2D eigenvalue weighted by Crippen LogP contribution is -2.25. The van der Waals surface area contributed by atoms with Crippen molar-refractivity contribution in [2.24, 2.45) is 0 Å². The van der Waals surface area contributed by atoms with Crippen LogP contribution in [0.25, 0.3) is 11.3 Å². The van der Waals surface area contributed by atoms with Gasteiger partial charge < -0.3 is 14.8 Å². The highest BCUT2D eigenvalue weighted by atomic mass is 32.2. The van der Waals surface area contributed by atoms with E-state index in [9.17, 15) is 9.59 Å². The average Bonchev–Trinajstić information content (AvgIpc) is 3.28. The van der Waals surface area contributed by atoms with Gasteiger partial charge in [-0.25, -0.2) is 0 Å². The number of fused-ring (bicyclic) bond motifs is 1. The lowest BCUT2D eigenvalue weighted by atomic mass is 10.1. The van der Waals surface area contributed by atoms with Gasteiger partial charge in [-0.15, -0.1) is 10.2 Å². The Morgan fingerprint density at radius 2 is 1.86 bits per heavy atom. The molecule has 0 radical (unpaired) electrons. The fourth-order valence-corrected chi connectivity index (χ4v) is 4.54. The van der Waals surface area contributed by atoms with Gasteiger partial charge in [0.25, 0.3) is 0 Å². The second-order valence-corrected chi connectivity index (χ2v) is 9.16. The average molecular weight is 494 g/mol. The Balaban J connectivity index is 1.60. The van der Waals surface area contributed by atoms with Crippen molar-refractivity contribution in [3.8, 4) is 17.2 Å². The van der Waals surface area contributed by atoms with E-state index in [0.29, 0.717) is 28.8 Å². The first-order valence-corrected chi connectivity index (χ1v) is 12.0. The summed E-state index contributed by atoms with van der Waals surface area (Å²) < 4.78 is 13.8. The topological polar surface area (TPSA) is 99.8 Å². The maximum absolute atomic E-state index is 13.1. The summed E-state index contributed by atoms with van der Waals surface area (Å²) in [5, 5.41) is 11.2. The van der Waals surface area contributed by atoms with Gasteiger partial charge in [0.2, 0.25) is 11.6 Å². The first-order valence-electron chi connectivity index (χ1n) is 11.1. The van der Waals surface area contributed by atoms with Gasteiger partial charge in [-0.2, -0.15) is 0 Å². The van der Waals surface area contributed by atoms with Crippen LogP contribution >= 0.6 is 11.8 Å². The minimum absolute atomic E-state index is 0.193. The van der Waals surface area contributed by atoms with Crippen LogP contribution in [0.1, 0.15) is 24.5 Å². The summed E-state index contributed by atoms with van der Waals surface area (Å²) >= 11 is 1.25. The van der Waals surface area contributed by atoms with Crippen molar-refractivity contribution in [2.75, 3.05) is 19.5 Å². The third-order valence-electron chi connectivity index (χ3n) is 5.78. The Morgan fingerprint density at radius 3 is 2.54 bits per heavy atom. The fourth-order valence-electron chi connectivity index (χ4n) is 3.60. The number of ether oxygens (including phenoxy) is 2. The van der Waals surface area contributed by atoms with Crippen molar-refractivity contribution in [3.05, 3.63) is 70.3 Å². The Bertz CT molecular complexity index is 1450. The van der Waals surface area contributed by atoms with Crippen LogP contribution < -0.4 is 20.3 Å². The summed E-state index contributed by atoms with van der Waals surface area (Å²) in [5.41, 5.74) is 3.43. The van der Waals surface area contributed by atoms with Gasteiger partial charge in [0.1, 0.15) is 11.5 Å². The number of aryl methyl sites for hydroxylation is 2. The molecule has 4 rings (SSSR count). The van der Waals surface area contributed by atoms with Crippen molar-refractivity contribution in [1.82, 2.24) is 19.2 Å². The van der Waals surface area contributed by atoms with E-state index in [1.807, 2.05) is 39.0 Å². The molecule has 2 aromatic carbocycles. The number of carbonyl (C=O) groups is 1. The molecule has 0 bridgehead atoms. The number of methoxy groups -OCH3 is 2. The lowest BCUT2D eigenvalue weighted by Gasteiger charge is -2.16. The SMILES string of the molecule is CC[C@@H](Sc1nnc2c(=O)n(-c3ccc(C)c(C)c3)ccn12)C(=O)Nc1cc(OC)ccc1OC. The van der Waals surface area contributed by atoms with Gasteiger partial charge in [0, 0.05) is 24.1 Å². The highest BCUT2D eigenvalue weighted by molar-refractivity contribution is 8.00. The molecule has 2 heterocycles. The van der Waals surface area contributed by atoms with Crippen LogP contribution in [-0.4, -0.2) is 44.5 Å². The number of benzene rings is 2. The minimum Gasteiger partial charge on any atom is -0.497 e. The molecule has 1 N–H and O–H groups in total.